The molecule has 0 spiro atoms. The minimum absolute atomic E-state index is 0.328. The SMILES string of the molecule is C/C=C(\c1cccc(O)c1)[C@H](C)CN(C)C. The molecule has 1 aromatic carbocycles. The first kappa shape index (κ1) is 12.8. The van der Waals surface area contributed by atoms with Crippen LogP contribution in [0.15, 0.2) is 30.3 Å². The van der Waals surface area contributed by atoms with E-state index in [1.165, 1.54) is 5.57 Å². The molecule has 0 aliphatic rings. The van der Waals surface area contributed by atoms with E-state index in [4.69, 9.17) is 0 Å². The summed E-state index contributed by atoms with van der Waals surface area (Å²) in [5.41, 5.74) is 2.39. The van der Waals surface area contributed by atoms with Gasteiger partial charge in [-0.05, 0) is 50.2 Å². The fourth-order valence-electron chi connectivity index (χ4n) is 2.07. The van der Waals surface area contributed by atoms with Crippen molar-refractivity contribution in [1.29, 1.82) is 0 Å². The lowest BCUT2D eigenvalue weighted by Gasteiger charge is -2.20. The van der Waals surface area contributed by atoms with Crippen molar-refractivity contribution in [1.82, 2.24) is 4.90 Å². The van der Waals surface area contributed by atoms with E-state index in [1.54, 1.807) is 6.07 Å². The van der Waals surface area contributed by atoms with Crippen molar-refractivity contribution in [3.05, 3.63) is 35.9 Å². The first-order valence-corrected chi connectivity index (χ1v) is 5.65. The quantitative estimate of drug-likeness (QED) is 0.841. The maximum absolute atomic E-state index is 9.48. The molecule has 16 heavy (non-hydrogen) atoms. The maximum Gasteiger partial charge on any atom is 0.116 e. The molecule has 0 heterocycles. The van der Waals surface area contributed by atoms with E-state index < -0.39 is 0 Å². The Morgan fingerprint density at radius 1 is 1.44 bits per heavy atom. The minimum Gasteiger partial charge on any atom is -0.508 e. The summed E-state index contributed by atoms with van der Waals surface area (Å²) >= 11 is 0. The number of phenols is 1. The fourth-order valence-corrected chi connectivity index (χ4v) is 2.07. The Morgan fingerprint density at radius 2 is 2.12 bits per heavy atom. The van der Waals surface area contributed by atoms with Crippen LogP contribution in [-0.2, 0) is 0 Å². The lowest BCUT2D eigenvalue weighted by molar-refractivity contribution is 0.376. The Balaban J connectivity index is 2.91. The van der Waals surface area contributed by atoms with Gasteiger partial charge in [0.1, 0.15) is 5.75 Å². The zero-order valence-corrected chi connectivity index (χ0v) is 10.6. The third kappa shape index (κ3) is 3.38. The van der Waals surface area contributed by atoms with Crippen LogP contribution in [0.3, 0.4) is 0 Å². The lowest BCUT2D eigenvalue weighted by Crippen LogP contribution is -2.20. The van der Waals surface area contributed by atoms with E-state index in [1.807, 2.05) is 25.1 Å². The molecule has 0 saturated carbocycles. The van der Waals surface area contributed by atoms with Crippen molar-refractivity contribution in [2.75, 3.05) is 20.6 Å². The van der Waals surface area contributed by atoms with Gasteiger partial charge in [-0.1, -0.05) is 25.1 Å². The van der Waals surface area contributed by atoms with E-state index >= 15 is 0 Å². The zero-order valence-electron chi connectivity index (χ0n) is 10.6. The third-order valence-electron chi connectivity index (χ3n) is 2.66. The second-order valence-corrected chi connectivity index (χ2v) is 4.46. The highest BCUT2D eigenvalue weighted by atomic mass is 16.3. The van der Waals surface area contributed by atoms with Crippen LogP contribution >= 0.6 is 0 Å². The monoisotopic (exact) mass is 219 g/mol. The van der Waals surface area contributed by atoms with E-state index in [0.717, 1.165) is 12.1 Å². The summed E-state index contributed by atoms with van der Waals surface area (Å²) < 4.78 is 0. The van der Waals surface area contributed by atoms with Crippen molar-refractivity contribution in [2.45, 2.75) is 13.8 Å². The molecule has 1 atom stereocenters. The number of benzene rings is 1. The molecule has 0 saturated heterocycles. The summed E-state index contributed by atoms with van der Waals surface area (Å²) in [7, 11) is 4.15. The summed E-state index contributed by atoms with van der Waals surface area (Å²) in [6.45, 7) is 5.26. The van der Waals surface area contributed by atoms with E-state index in [9.17, 15) is 5.11 Å². The molecule has 0 aliphatic carbocycles. The number of allylic oxidation sites excluding steroid dienone is 1. The largest absolute Gasteiger partial charge is 0.508 e. The van der Waals surface area contributed by atoms with Gasteiger partial charge in [-0.25, -0.2) is 0 Å². The van der Waals surface area contributed by atoms with Crippen LogP contribution in [0.1, 0.15) is 19.4 Å². The Hall–Kier alpha value is -1.28. The van der Waals surface area contributed by atoms with Crippen LogP contribution in [0, 0.1) is 5.92 Å². The van der Waals surface area contributed by atoms with E-state index in [0.29, 0.717) is 11.7 Å². The average molecular weight is 219 g/mol. The number of phenolic OH excluding ortho intramolecular Hbond substituents is 1. The predicted molar refractivity (Wildman–Crippen MR) is 69.5 cm³/mol. The van der Waals surface area contributed by atoms with Crippen LogP contribution < -0.4 is 0 Å². The van der Waals surface area contributed by atoms with Gasteiger partial charge in [-0.2, -0.15) is 0 Å². The first-order valence-electron chi connectivity index (χ1n) is 5.65. The molecule has 0 unspecified atom stereocenters. The number of aromatic hydroxyl groups is 1. The lowest BCUT2D eigenvalue weighted by atomic mass is 9.93. The molecule has 1 rings (SSSR count). The smallest absolute Gasteiger partial charge is 0.116 e. The highest BCUT2D eigenvalue weighted by Crippen LogP contribution is 2.26. The Kier molecular flexibility index (Phi) is 4.56. The Labute approximate surface area is 98.2 Å². The second-order valence-electron chi connectivity index (χ2n) is 4.46. The minimum atomic E-state index is 0.328. The van der Waals surface area contributed by atoms with Crippen molar-refractivity contribution in [3.8, 4) is 5.75 Å². The van der Waals surface area contributed by atoms with Gasteiger partial charge in [0, 0.05) is 6.54 Å². The van der Waals surface area contributed by atoms with Gasteiger partial charge in [0.25, 0.3) is 0 Å². The Bertz CT molecular complexity index is 369. The van der Waals surface area contributed by atoms with Gasteiger partial charge in [0.2, 0.25) is 0 Å². The molecule has 2 nitrogen and oxygen atoms in total. The number of nitrogens with zero attached hydrogens (tertiary/aromatic N) is 1. The van der Waals surface area contributed by atoms with Crippen LogP contribution in [0.5, 0.6) is 5.75 Å². The fraction of sp³-hybridized carbons (Fsp3) is 0.429. The molecule has 0 aromatic heterocycles. The molecule has 0 bridgehead atoms. The van der Waals surface area contributed by atoms with E-state index in [-0.39, 0.29) is 0 Å². The summed E-state index contributed by atoms with van der Waals surface area (Å²) in [6.07, 6.45) is 2.13. The highest BCUT2D eigenvalue weighted by molar-refractivity contribution is 5.68. The topological polar surface area (TPSA) is 23.5 Å². The molecule has 1 N–H and O–H groups in total. The zero-order chi connectivity index (χ0) is 12.1. The van der Waals surface area contributed by atoms with E-state index in [2.05, 4.69) is 32.0 Å². The molecule has 88 valence electrons. The van der Waals surface area contributed by atoms with Gasteiger partial charge < -0.3 is 10.0 Å². The van der Waals surface area contributed by atoms with Gasteiger partial charge in [0.15, 0.2) is 0 Å². The van der Waals surface area contributed by atoms with Crippen molar-refractivity contribution < 1.29 is 5.11 Å². The molecule has 0 aliphatic heterocycles. The molecular weight excluding hydrogens is 198 g/mol. The van der Waals surface area contributed by atoms with Gasteiger partial charge >= 0.3 is 0 Å². The van der Waals surface area contributed by atoms with Crippen molar-refractivity contribution in [2.24, 2.45) is 5.92 Å². The summed E-state index contributed by atoms with van der Waals surface area (Å²) in [5.74, 6) is 0.788. The summed E-state index contributed by atoms with van der Waals surface area (Å²) in [5, 5.41) is 9.48. The van der Waals surface area contributed by atoms with Gasteiger partial charge in [-0.3, -0.25) is 0 Å². The normalized spacial score (nSPS) is 14.2. The molecule has 0 fully saturated rings. The predicted octanol–water partition coefficient (Wildman–Crippen LogP) is 2.99. The average Bonchev–Trinajstić information content (AvgIpc) is 2.17. The third-order valence-corrected chi connectivity index (χ3v) is 2.66. The van der Waals surface area contributed by atoms with Crippen LogP contribution in [0.4, 0.5) is 0 Å². The summed E-state index contributed by atoms with van der Waals surface area (Å²) in [4.78, 5) is 2.18. The summed E-state index contributed by atoms with van der Waals surface area (Å²) in [6, 6.07) is 7.45. The first-order chi connectivity index (χ1) is 7.54. The number of hydrogen-bond donors (Lipinski definition) is 1. The molecule has 0 radical (unpaired) electrons. The standard InChI is InChI=1S/C14H21NO/c1-5-14(11(2)10-15(3)4)12-7-6-8-13(16)9-12/h5-9,11,16H,10H2,1-4H3/b14-5-/t11-/m1/s1. The maximum atomic E-state index is 9.48. The molecule has 1 aromatic rings. The molecule has 2 heteroatoms. The van der Waals surface area contributed by atoms with Gasteiger partial charge in [-0.15, -0.1) is 0 Å². The molecule has 0 amide bonds. The van der Waals surface area contributed by atoms with Crippen LogP contribution in [0.2, 0.25) is 0 Å². The molecular formula is C14H21NO. The van der Waals surface area contributed by atoms with Gasteiger partial charge in [0.05, 0.1) is 0 Å². The number of hydrogen-bond acceptors (Lipinski definition) is 2. The second kappa shape index (κ2) is 5.71. The number of rotatable bonds is 4. The highest BCUT2D eigenvalue weighted by Gasteiger charge is 2.11. The van der Waals surface area contributed by atoms with Crippen molar-refractivity contribution in [3.63, 3.8) is 0 Å². The van der Waals surface area contributed by atoms with Crippen molar-refractivity contribution >= 4 is 5.57 Å². The van der Waals surface area contributed by atoms with Crippen LogP contribution in [-0.4, -0.2) is 30.6 Å². The van der Waals surface area contributed by atoms with Crippen LogP contribution in [0.25, 0.3) is 5.57 Å². The Morgan fingerprint density at radius 3 is 2.62 bits per heavy atom.